The van der Waals surface area contributed by atoms with Crippen molar-refractivity contribution in [2.45, 2.75) is 83.0 Å². The molecule has 178 valence electrons. The third kappa shape index (κ3) is 4.58. The van der Waals surface area contributed by atoms with E-state index in [4.69, 9.17) is 0 Å². The normalized spacial score (nSPS) is 26.3. The van der Waals surface area contributed by atoms with E-state index in [-0.39, 0.29) is 35.6 Å². The first-order chi connectivity index (χ1) is 16.0. The van der Waals surface area contributed by atoms with Crippen molar-refractivity contribution in [3.63, 3.8) is 0 Å². The molecule has 3 unspecified atom stereocenters. The summed E-state index contributed by atoms with van der Waals surface area (Å²) in [7, 11) is 0. The maximum Gasteiger partial charge on any atom is 0.326 e. The second-order valence-corrected chi connectivity index (χ2v) is 10.1. The number of carbonyl (C=O) groups excluding carboxylic acids is 2. The smallest absolute Gasteiger partial charge is 0.326 e. The first-order valence-corrected chi connectivity index (χ1v) is 12.5. The number of piperidine rings is 1. The number of aromatic nitrogens is 2. The number of likely N-dealkylation sites (tertiary alicyclic amines) is 1. The van der Waals surface area contributed by atoms with Gasteiger partial charge in [0.05, 0.1) is 23.1 Å². The van der Waals surface area contributed by atoms with Gasteiger partial charge >= 0.3 is 5.69 Å². The second kappa shape index (κ2) is 9.33. The molecule has 1 aliphatic carbocycles. The third-order valence-corrected chi connectivity index (χ3v) is 7.77. The summed E-state index contributed by atoms with van der Waals surface area (Å²) >= 11 is 0. The average Bonchev–Trinajstić information content (AvgIpc) is 3.14. The molecule has 1 aromatic heterocycles. The maximum atomic E-state index is 12.8. The quantitative estimate of drug-likeness (QED) is 0.648. The Bertz CT molecular complexity index is 1080. The topological polar surface area (TPSA) is 99.2 Å². The number of benzene rings is 1. The lowest BCUT2D eigenvalue weighted by molar-refractivity contribution is -0.132. The Kier molecular flexibility index (Phi) is 6.27. The fraction of sp³-hybridized carbons (Fsp3) is 0.640. The van der Waals surface area contributed by atoms with Crippen molar-refractivity contribution in [3.05, 3.63) is 34.2 Å². The number of aryl methyl sites for hydroxylation is 1. The van der Waals surface area contributed by atoms with E-state index in [0.717, 1.165) is 61.5 Å². The minimum atomic E-state index is -0.0670. The van der Waals surface area contributed by atoms with Crippen LogP contribution >= 0.6 is 0 Å². The molecule has 0 radical (unpaired) electrons. The zero-order chi connectivity index (χ0) is 22.9. The van der Waals surface area contributed by atoms with E-state index in [1.807, 2.05) is 34.6 Å². The Morgan fingerprint density at radius 2 is 1.88 bits per heavy atom. The summed E-state index contributed by atoms with van der Waals surface area (Å²) < 4.78 is 1.87. The molecule has 3 heterocycles. The molecule has 2 aromatic rings. The molecule has 33 heavy (non-hydrogen) atoms. The number of nitrogens with zero attached hydrogens (tertiary/aromatic N) is 2. The van der Waals surface area contributed by atoms with Crippen LogP contribution in [0.1, 0.15) is 69.4 Å². The standard InChI is InChI=1S/C25H35N5O3/c1-16-9-10-21-20(15-16)27-25(33)30(21)17-11-13-29(14-12-17)23(31)8-4-7-22-26-19-6-3-2-5-18(19)24(32)28-22/h9-10,15,17-19,22,26H,2-8,11-14H2,1H3,(H,27,33)(H,28,32). The highest BCUT2D eigenvalue weighted by Crippen LogP contribution is 2.28. The van der Waals surface area contributed by atoms with Crippen molar-refractivity contribution in [1.82, 2.24) is 25.1 Å². The van der Waals surface area contributed by atoms with Crippen molar-refractivity contribution in [2.75, 3.05) is 13.1 Å². The number of rotatable bonds is 5. The van der Waals surface area contributed by atoms with Gasteiger partial charge in [-0.2, -0.15) is 0 Å². The number of carbonyl (C=O) groups is 2. The van der Waals surface area contributed by atoms with Gasteiger partial charge in [0.15, 0.2) is 0 Å². The second-order valence-electron chi connectivity index (χ2n) is 10.1. The fourth-order valence-electron chi connectivity index (χ4n) is 5.97. The Morgan fingerprint density at radius 1 is 1.09 bits per heavy atom. The molecular formula is C25H35N5O3. The van der Waals surface area contributed by atoms with Crippen molar-refractivity contribution in [2.24, 2.45) is 5.92 Å². The number of aromatic amines is 1. The first kappa shape index (κ1) is 22.2. The van der Waals surface area contributed by atoms with Crippen LogP contribution in [0, 0.1) is 12.8 Å². The molecule has 0 bridgehead atoms. The van der Waals surface area contributed by atoms with E-state index in [1.165, 1.54) is 6.42 Å². The largest absolute Gasteiger partial charge is 0.343 e. The molecule has 1 aromatic carbocycles. The highest BCUT2D eigenvalue weighted by Gasteiger charge is 2.37. The van der Waals surface area contributed by atoms with E-state index in [1.54, 1.807) is 0 Å². The molecule has 5 rings (SSSR count). The van der Waals surface area contributed by atoms with Crippen molar-refractivity contribution >= 4 is 22.8 Å². The van der Waals surface area contributed by atoms with E-state index in [0.29, 0.717) is 25.6 Å². The highest BCUT2D eigenvalue weighted by molar-refractivity contribution is 5.80. The summed E-state index contributed by atoms with van der Waals surface area (Å²) in [5.41, 5.74) is 2.87. The van der Waals surface area contributed by atoms with Crippen LogP contribution < -0.4 is 16.3 Å². The molecule has 1 saturated carbocycles. The number of fused-ring (bicyclic) bond motifs is 2. The lowest BCUT2D eigenvalue weighted by atomic mass is 9.82. The SMILES string of the molecule is Cc1ccc2c(c1)[nH]c(=O)n2C1CCN(C(=O)CCCC2NC(=O)C3CCCCC3N2)CC1. The molecule has 2 aliphatic heterocycles. The summed E-state index contributed by atoms with van der Waals surface area (Å²) in [5, 5.41) is 6.69. The van der Waals surface area contributed by atoms with Crippen LogP contribution in [-0.2, 0) is 9.59 Å². The monoisotopic (exact) mass is 453 g/mol. The molecule has 8 nitrogen and oxygen atoms in total. The summed E-state index contributed by atoms with van der Waals surface area (Å²) in [4.78, 5) is 42.6. The van der Waals surface area contributed by atoms with Crippen LogP contribution in [-0.4, -0.2) is 51.6 Å². The maximum absolute atomic E-state index is 12.8. The summed E-state index contributed by atoms with van der Waals surface area (Å²) in [6.07, 6.45) is 7.97. The zero-order valence-electron chi connectivity index (χ0n) is 19.4. The van der Waals surface area contributed by atoms with E-state index < -0.39 is 0 Å². The van der Waals surface area contributed by atoms with Crippen molar-refractivity contribution in [3.8, 4) is 0 Å². The van der Waals surface area contributed by atoms with Gasteiger partial charge in [0, 0.05) is 31.6 Å². The van der Waals surface area contributed by atoms with Crippen molar-refractivity contribution < 1.29 is 9.59 Å². The van der Waals surface area contributed by atoms with Crippen LogP contribution in [0.25, 0.3) is 11.0 Å². The first-order valence-electron chi connectivity index (χ1n) is 12.5. The van der Waals surface area contributed by atoms with Crippen LogP contribution in [0.4, 0.5) is 0 Å². The van der Waals surface area contributed by atoms with E-state index in [2.05, 4.69) is 15.6 Å². The van der Waals surface area contributed by atoms with Crippen LogP contribution in [0.2, 0.25) is 0 Å². The molecule has 3 fully saturated rings. The number of imidazole rings is 1. The van der Waals surface area contributed by atoms with E-state index in [9.17, 15) is 14.4 Å². The van der Waals surface area contributed by atoms with Crippen LogP contribution in [0.15, 0.2) is 23.0 Å². The number of nitrogens with one attached hydrogen (secondary N) is 3. The van der Waals surface area contributed by atoms with Crippen LogP contribution in [0.5, 0.6) is 0 Å². The minimum Gasteiger partial charge on any atom is -0.343 e. The molecule has 3 aliphatic rings. The van der Waals surface area contributed by atoms with Gasteiger partial charge in [0.25, 0.3) is 0 Å². The molecular weight excluding hydrogens is 418 g/mol. The van der Waals surface area contributed by atoms with Gasteiger partial charge in [-0.3, -0.25) is 19.5 Å². The van der Waals surface area contributed by atoms with Crippen molar-refractivity contribution in [1.29, 1.82) is 0 Å². The van der Waals surface area contributed by atoms with Gasteiger partial charge in [-0.25, -0.2) is 4.79 Å². The van der Waals surface area contributed by atoms with E-state index >= 15 is 0 Å². The molecule has 8 heteroatoms. The zero-order valence-corrected chi connectivity index (χ0v) is 19.4. The Hall–Kier alpha value is -2.61. The average molecular weight is 454 g/mol. The van der Waals surface area contributed by atoms with Gasteiger partial charge in [0.2, 0.25) is 11.8 Å². The number of H-pyrrole nitrogens is 1. The van der Waals surface area contributed by atoms with Gasteiger partial charge in [-0.15, -0.1) is 0 Å². The summed E-state index contributed by atoms with van der Waals surface area (Å²) in [6.45, 7) is 3.37. The molecule has 3 N–H and O–H groups in total. The summed E-state index contributed by atoms with van der Waals surface area (Å²) in [6, 6.07) is 6.45. The Balaban J connectivity index is 1.10. The lowest BCUT2D eigenvalue weighted by Crippen LogP contribution is -2.62. The van der Waals surface area contributed by atoms with Gasteiger partial charge < -0.3 is 15.2 Å². The fourth-order valence-corrected chi connectivity index (χ4v) is 5.97. The van der Waals surface area contributed by atoms with Crippen LogP contribution in [0.3, 0.4) is 0 Å². The Labute approximate surface area is 194 Å². The predicted molar refractivity (Wildman–Crippen MR) is 127 cm³/mol. The molecule has 3 atom stereocenters. The van der Waals surface area contributed by atoms with Gasteiger partial charge in [-0.1, -0.05) is 18.9 Å². The molecule has 2 amide bonds. The number of hydrogen-bond acceptors (Lipinski definition) is 4. The predicted octanol–water partition coefficient (Wildman–Crippen LogP) is 2.58. The lowest BCUT2D eigenvalue weighted by Gasteiger charge is -2.40. The number of amides is 2. The number of hydrogen-bond donors (Lipinski definition) is 3. The third-order valence-electron chi connectivity index (χ3n) is 7.77. The summed E-state index contributed by atoms with van der Waals surface area (Å²) in [5.74, 6) is 0.471. The molecule has 2 saturated heterocycles. The minimum absolute atomic E-state index is 0.0206. The highest BCUT2D eigenvalue weighted by atomic mass is 16.2. The Morgan fingerprint density at radius 3 is 2.70 bits per heavy atom. The van der Waals surface area contributed by atoms with Gasteiger partial charge in [-0.05, 0) is 63.1 Å². The molecule has 0 spiro atoms. The van der Waals surface area contributed by atoms with Gasteiger partial charge in [0.1, 0.15) is 0 Å².